The Hall–Kier alpha value is -3.29. The van der Waals surface area contributed by atoms with Crippen molar-refractivity contribution >= 4 is 28.3 Å². The van der Waals surface area contributed by atoms with Crippen molar-refractivity contribution in [3.05, 3.63) is 88.5 Å². The number of rotatable bonds is 10. The Balaban J connectivity index is 1.63. The Morgan fingerprint density at radius 1 is 0.974 bits per heavy atom. The van der Waals surface area contributed by atoms with Gasteiger partial charge in [0.1, 0.15) is 0 Å². The average molecular weight is 532 g/mol. The summed E-state index contributed by atoms with van der Waals surface area (Å²) in [7, 11) is 0.548. The Morgan fingerprint density at radius 2 is 1.74 bits per heavy atom. The maximum absolute atomic E-state index is 13.9. The van der Waals surface area contributed by atoms with Crippen molar-refractivity contribution in [2.45, 2.75) is 56.4 Å². The zero-order valence-corrected chi connectivity index (χ0v) is 23.6. The monoisotopic (exact) mass is 531 g/mol. The fraction of sp³-hybridized carbons (Fsp3) is 0.355. The minimum absolute atomic E-state index is 0.198. The highest BCUT2D eigenvalue weighted by Crippen LogP contribution is 2.36. The van der Waals surface area contributed by atoms with Crippen molar-refractivity contribution in [1.82, 2.24) is 10.2 Å². The van der Waals surface area contributed by atoms with Crippen molar-refractivity contribution < 1.29 is 13.8 Å². The van der Waals surface area contributed by atoms with Crippen molar-refractivity contribution in [1.29, 1.82) is 0 Å². The fourth-order valence-corrected chi connectivity index (χ4v) is 6.04. The van der Waals surface area contributed by atoms with Gasteiger partial charge in [0.2, 0.25) is 0 Å². The van der Waals surface area contributed by atoms with Crippen LogP contribution >= 0.6 is 0 Å². The van der Waals surface area contributed by atoms with Crippen LogP contribution in [0, 0.1) is 13.8 Å². The van der Waals surface area contributed by atoms with Crippen molar-refractivity contribution in [2.75, 3.05) is 31.6 Å². The molecule has 0 fully saturated rings. The molecule has 0 bridgehead atoms. The number of hydrogen-bond donors (Lipinski definition) is 1. The summed E-state index contributed by atoms with van der Waals surface area (Å²) in [4.78, 5) is 31.9. The highest BCUT2D eigenvalue weighted by molar-refractivity contribution is 7.85. The van der Waals surface area contributed by atoms with E-state index in [1.165, 1.54) is 6.42 Å². The number of carbonyl (C=O) groups excluding carboxylic acids is 2. The molecule has 0 saturated carbocycles. The van der Waals surface area contributed by atoms with Gasteiger partial charge in [0.05, 0.1) is 38.4 Å². The summed E-state index contributed by atoms with van der Waals surface area (Å²) in [6.45, 7) is 9.08. The van der Waals surface area contributed by atoms with Gasteiger partial charge < -0.3 is 15.1 Å². The molecule has 200 valence electrons. The molecule has 0 saturated heterocycles. The van der Waals surface area contributed by atoms with E-state index in [9.17, 15) is 13.8 Å². The van der Waals surface area contributed by atoms with Gasteiger partial charge in [-0.25, -0.2) is 4.21 Å². The molecule has 38 heavy (non-hydrogen) atoms. The lowest BCUT2D eigenvalue weighted by Gasteiger charge is -2.24. The van der Waals surface area contributed by atoms with E-state index >= 15 is 0 Å². The highest BCUT2D eigenvalue weighted by atomic mass is 32.2. The molecular formula is C31H37N3O3S. The molecule has 0 aromatic heterocycles. The molecule has 3 aromatic carbocycles. The minimum Gasteiger partial charge on any atom is -0.352 e. The van der Waals surface area contributed by atoms with E-state index in [2.05, 4.69) is 30.3 Å². The summed E-state index contributed by atoms with van der Waals surface area (Å²) in [6, 6.07) is 18.4. The number of anilines is 1. The molecule has 0 radical (unpaired) electrons. The number of nitrogens with one attached hydrogen (secondary N) is 1. The van der Waals surface area contributed by atoms with Gasteiger partial charge in [0.15, 0.2) is 0 Å². The number of hydrogen-bond acceptors (Lipinski definition) is 4. The van der Waals surface area contributed by atoms with Crippen LogP contribution < -0.4 is 10.2 Å². The van der Waals surface area contributed by atoms with Gasteiger partial charge in [-0.05, 0) is 88.3 Å². The molecule has 0 aliphatic carbocycles. The van der Waals surface area contributed by atoms with Gasteiger partial charge in [0.25, 0.3) is 11.8 Å². The predicted octanol–water partition coefficient (Wildman–Crippen LogP) is 5.48. The maximum atomic E-state index is 13.9. The Bertz CT molecular complexity index is 1350. The SMILES string of the molecule is CCCCN(C)CCCNC(=O)c1ccc2c(c1)N(Cc1cc(C)ccc1C)C(=O)c1ccccc1[S@@]2=O. The second kappa shape index (κ2) is 12.5. The zero-order valence-electron chi connectivity index (χ0n) is 22.8. The summed E-state index contributed by atoms with van der Waals surface area (Å²) in [6.07, 6.45) is 3.19. The van der Waals surface area contributed by atoms with Crippen molar-refractivity contribution in [2.24, 2.45) is 0 Å². The van der Waals surface area contributed by atoms with Gasteiger partial charge in [-0.1, -0.05) is 49.2 Å². The molecule has 1 heterocycles. The molecule has 0 unspecified atom stereocenters. The first-order valence-electron chi connectivity index (χ1n) is 13.3. The molecule has 0 spiro atoms. The average Bonchev–Trinajstić information content (AvgIpc) is 3.01. The first-order chi connectivity index (χ1) is 18.3. The number of carbonyl (C=O) groups is 2. The van der Waals surface area contributed by atoms with Crippen LogP contribution in [-0.4, -0.2) is 47.6 Å². The summed E-state index contributed by atoms with van der Waals surface area (Å²) in [5, 5.41) is 3.01. The van der Waals surface area contributed by atoms with E-state index in [4.69, 9.17) is 0 Å². The third-order valence-electron chi connectivity index (χ3n) is 7.00. The smallest absolute Gasteiger partial charge is 0.259 e. The quantitative estimate of drug-likeness (QED) is 0.352. The van der Waals surface area contributed by atoms with E-state index in [-0.39, 0.29) is 11.8 Å². The van der Waals surface area contributed by atoms with Crippen LogP contribution in [0.4, 0.5) is 5.69 Å². The van der Waals surface area contributed by atoms with Crippen LogP contribution in [0.5, 0.6) is 0 Å². The molecule has 7 heteroatoms. The standard InChI is InChI=1S/C31H37N3O3S/c1-5-6-17-33(4)18-9-16-32-30(35)24-14-15-29-27(20-24)34(21-25-19-22(2)12-13-23(25)3)31(36)26-10-7-8-11-28(26)38(29)37/h7-8,10-15,19-20H,5-6,9,16-18,21H2,1-4H3,(H,32,35)/t38-/m0/s1. The first kappa shape index (κ1) is 27.7. The number of nitrogens with zero attached hydrogens (tertiary/aromatic N) is 2. The van der Waals surface area contributed by atoms with E-state index in [0.717, 1.165) is 42.6 Å². The van der Waals surface area contributed by atoms with Crippen molar-refractivity contribution in [3.63, 3.8) is 0 Å². The van der Waals surface area contributed by atoms with E-state index in [0.29, 0.717) is 39.7 Å². The Kier molecular flexibility index (Phi) is 9.13. The van der Waals surface area contributed by atoms with Crippen LogP contribution in [0.3, 0.4) is 0 Å². The number of fused-ring (bicyclic) bond motifs is 2. The predicted molar refractivity (Wildman–Crippen MR) is 153 cm³/mol. The van der Waals surface area contributed by atoms with Crippen LogP contribution in [0.1, 0.15) is 63.6 Å². The van der Waals surface area contributed by atoms with Crippen molar-refractivity contribution in [3.8, 4) is 0 Å². The largest absolute Gasteiger partial charge is 0.352 e. The molecule has 1 N–H and O–H groups in total. The minimum atomic E-state index is -1.55. The van der Waals surface area contributed by atoms with E-state index in [1.54, 1.807) is 47.4 Å². The Labute approximate surface area is 228 Å². The van der Waals surface area contributed by atoms with Gasteiger partial charge in [0, 0.05) is 12.1 Å². The number of unbranched alkanes of at least 4 members (excludes halogenated alkanes) is 1. The Morgan fingerprint density at radius 3 is 2.53 bits per heavy atom. The molecule has 1 atom stereocenters. The normalized spacial score (nSPS) is 14.7. The summed E-state index contributed by atoms with van der Waals surface area (Å²) >= 11 is 0. The number of amides is 2. The third-order valence-corrected chi connectivity index (χ3v) is 8.50. The highest BCUT2D eigenvalue weighted by Gasteiger charge is 2.31. The summed E-state index contributed by atoms with van der Waals surface area (Å²) in [5.74, 6) is -0.419. The molecule has 6 nitrogen and oxygen atoms in total. The van der Waals surface area contributed by atoms with Gasteiger partial charge in [-0.2, -0.15) is 0 Å². The zero-order chi connectivity index (χ0) is 27.2. The van der Waals surface area contributed by atoms with Crippen LogP contribution in [0.25, 0.3) is 0 Å². The van der Waals surface area contributed by atoms with Crippen LogP contribution in [-0.2, 0) is 17.3 Å². The second-order valence-electron chi connectivity index (χ2n) is 10.0. The molecule has 2 amide bonds. The number of aryl methyl sites for hydroxylation is 2. The molecular weight excluding hydrogens is 494 g/mol. The lowest BCUT2D eigenvalue weighted by molar-refractivity contribution is 0.0948. The molecule has 1 aliphatic rings. The topological polar surface area (TPSA) is 69.7 Å². The molecule has 4 rings (SSSR count). The van der Waals surface area contributed by atoms with Crippen LogP contribution in [0.2, 0.25) is 0 Å². The lowest BCUT2D eigenvalue weighted by Crippen LogP contribution is -2.31. The van der Waals surface area contributed by atoms with Gasteiger partial charge in [-0.15, -0.1) is 0 Å². The lowest BCUT2D eigenvalue weighted by atomic mass is 10.0. The molecule has 3 aromatic rings. The first-order valence-corrected chi connectivity index (χ1v) is 14.4. The van der Waals surface area contributed by atoms with Gasteiger partial charge in [-0.3, -0.25) is 9.59 Å². The second-order valence-corrected chi connectivity index (χ2v) is 11.5. The summed E-state index contributed by atoms with van der Waals surface area (Å²) < 4.78 is 13.7. The van der Waals surface area contributed by atoms with Crippen LogP contribution in [0.15, 0.2) is 70.5 Å². The molecule has 1 aliphatic heterocycles. The van der Waals surface area contributed by atoms with E-state index in [1.807, 2.05) is 26.0 Å². The summed E-state index contributed by atoms with van der Waals surface area (Å²) in [5.41, 5.74) is 4.57. The fourth-order valence-electron chi connectivity index (χ4n) is 4.70. The van der Waals surface area contributed by atoms with E-state index < -0.39 is 10.8 Å². The third kappa shape index (κ3) is 6.22. The maximum Gasteiger partial charge on any atom is 0.259 e. The number of benzene rings is 3. The van der Waals surface area contributed by atoms with Gasteiger partial charge >= 0.3 is 0 Å².